The van der Waals surface area contributed by atoms with Gasteiger partial charge in [-0.25, -0.2) is 0 Å². The topological polar surface area (TPSA) is 97.9 Å². The predicted molar refractivity (Wildman–Crippen MR) is 141 cm³/mol. The Morgan fingerprint density at radius 1 is 0.941 bits per heavy atom. The molecule has 34 heavy (non-hydrogen) atoms. The Balaban J connectivity index is 1.76. The molecule has 4 aromatic rings. The lowest BCUT2D eigenvalue weighted by Crippen LogP contribution is -2.23. The van der Waals surface area contributed by atoms with Gasteiger partial charge in [-0.1, -0.05) is 35.3 Å². The minimum Gasteiger partial charge on any atom is -0.331 e. The first-order valence-corrected chi connectivity index (χ1v) is 11.2. The van der Waals surface area contributed by atoms with Crippen molar-refractivity contribution in [2.75, 3.05) is 10.6 Å². The van der Waals surface area contributed by atoms with Crippen molar-refractivity contribution in [2.24, 2.45) is 0 Å². The van der Waals surface area contributed by atoms with Crippen LogP contribution in [0.4, 0.5) is 17.3 Å². The average molecular weight is 529 g/mol. The van der Waals surface area contributed by atoms with Gasteiger partial charge in [-0.05, 0) is 73.0 Å². The first-order chi connectivity index (χ1) is 16.3. The molecule has 1 heterocycles. The van der Waals surface area contributed by atoms with E-state index in [1.807, 2.05) is 12.1 Å². The molecule has 0 saturated carbocycles. The smallest absolute Gasteiger partial charge is 0.269 e. The lowest BCUT2D eigenvalue weighted by atomic mass is 10.2. The van der Waals surface area contributed by atoms with Gasteiger partial charge in [0.05, 0.1) is 21.3 Å². The number of rotatable bonds is 5. The monoisotopic (exact) mass is 528 g/mol. The van der Waals surface area contributed by atoms with Gasteiger partial charge in [0.15, 0.2) is 10.9 Å². The molecule has 8 nitrogen and oxygen atoms in total. The fourth-order valence-corrected chi connectivity index (χ4v) is 3.78. The molecular formula is C22H14Cl2N6O2S2. The molecule has 0 bridgehead atoms. The van der Waals surface area contributed by atoms with E-state index in [1.165, 1.54) is 12.1 Å². The summed E-state index contributed by atoms with van der Waals surface area (Å²) in [7, 11) is 0. The van der Waals surface area contributed by atoms with Crippen LogP contribution in [0.3, 0.4) is 0 Å². The molecule has 0 spiro atoms. The van der Waals surface area contributed by atoms with Gasteiger partial charge in [-0.15, -0.1) is 0 Å². The standard InChI is InChI=1S/C22H14Cl2N6O2S2/c23-14-7-11-15(12-8-14)29-20(28-21(33)25-18-4-2-1-3-17(18)24)26-19(27-22(29)34)13-5-9-16(10-6-13)30(31)32/h1-12H,(H2,25,26,27,28,33,34). The normalized spacial score (nSPS) is 10.5. The summed E-state index contributed by atoms with van der Waals surface area (Å²) in [4.78, 5) is 19.5. The SMILES string of the molecule is O=[N+]([O-])c1ccc(-c2nc(NC(=S)Nc3ccccc3Cl)n(-c3ccc(Cl)cc3)c(=S)n2)cc1. The van der Waals surface area contributed by atoms with E-state index in [4.69, 9.17) is 47.6 Å². The van der Waals surface area contributed by atoms with Crippen LogP contribution >= 0.6 is 47.6 Å². The van der Waals surface area contributed by atoms with E-state index in [1.54, 1.807) is 53.1 Å². The lowest BCUT2D eigenvalue weighted by Gasteiger charge is -2.17. The number of non-ortho nitro benzene ring substituents is 1. The van der Waals surface area contributed by atoms with Crippen molar-refractivity contribution < 1.29 is 4.92 Å². The molecule has 0 saturated heterocycles. The Labute approximate surface area is 214 Å². The number of hydrogen-bond donors (Lipinski definition) is 2. The lowest BCUT2D eigenvalue weighted by molar-refractivity contribution is -0.384. The van der Waals surface area contributed by atoms with Crippen molar-refractivity contribution in [1.82, 2.24) is 14.5 Å². The maximum atomic E-state index is 11.0. The number of benzene rings is 3. The summed E-state index contributed by atoms with van der Waals surface area (Å²) in [5, 5.41) is 18.3. The van der Waals surface area contributed by atoms with Gasteiger partial charge in [0, 0.05) is 22.7 Å². The second kappa shape index (κ2) is 10.2. The quantitative estimate of drug-likeness (QED) is 0.168. The minimum absolute atomic E-state index is 0.0435. The Morgan fingerprint density at radius 3 is 2.26 bits per heavy atom. The Bertz CT molecular complexity index is 1440. The molecule has 0 aliphatic heterocycles. The van der Waals surface area contributed by atoms with Crippen molar-refractivity contribution in [1.29, 1.82) is 0 Å². The zero-order valence-corrected chi connectivity index (χ0v) is 20.3. The van der Waals surface area contributed by atoms with Crippen LogP contribution in [-0.4, -0.2) is 24.6 Å². The van der Waals surface area contributed by atoms with Crippen LogP contribution in [0.1, 0.15) is 0 Å². The van der Waals surface area contributed by atoms with E-state index in [0.29, 0.717) is 27.0 Å². The zero-order valence-electron chi connectivity index (χ0n) is 17.1. The van der Waals surface area contributed by atoms with Gasteiger partial charge in [0.25, 0.3) is 5.69 Å². The van der Waals surface area contributed by atoms with E-state index in [-0.39, 0.29) is 27.3 Å². The Hall–Kier alpha value is -3.44. The third-order valence-corrected chi connectivity index (χ3v) is 5.64. The molecule has 0 fully saturated rings. The molecule has 3 aromatic carbocycles. The highest BCUT2D eigenvalue weighted by Crippen LogP contribution is 2.25. The Kier molecular flexibility index (Phi) is 7.13. The molecule has 0 aliphatic rings. The van der Waals surface area contributed by atoms with Crippen LogP contribution in [0.5, 0.6) is 0 Å². The fourth-order valence-electron chi connectivity index (χ4n) is 2.99. The number of nitrogens with one attached hydrogen (secondary N) is 2. The van der Waals surface area contributed by atoms with Crippen LogP contribution in [0.25, 0.3) is 17.1 Å². The van der Waals surface area contributed by atoms with Crippen molar-refractivity contribution in [2.45, 2.75) is 0 Å². The highest BCUT2D eigenvalue weighted by molar-refractivity contribution is 7.80. The molecule has 0 amide bonds. The first kappa shape index (κ1) is 23.7. The summed E-state index contributed by atoms with van der Waals surface area (Å²) >= 11 is 23.3. The maximum Gasteiger partial charge on any atom is 0.269 e. The maximum absolute atomic E-state index is 11.0. The largest absolute Gasteiger partial charge is 0.331 e. The van der Waals surface area contributed by atoms with Gasteiger partial charge in [0.2, 0.25) is 10.7 Å². The number of hydrogen-bond acceptors (Lipinski definition) is 6. The number of halogens is 2. The number of thiocarbonyl (C=S) groups is 1. The van der Waals surface area contributed by atoms with Crippen LogP contribution in [0.15, 0.2) is 72.8 Å². The molecule has 2 N–H and O–H groups in total. The second-order valence-corrected chi connectivity index (χ2v) is 8.45. The molecule has 0 aliphatic carbocycles. The van der Waals surface area contributed by atoms with Crippen LogP contribution in [0, 0.1) is 14.9 Å². The van der Waals surface area contributed by atoms with Gasteiger partial charge in [0.1, 0.15) is 0 Å². The number of aromatic nitrogens is 3. The summed E-state index contributed by atoms with van der Waals surface area (Å²) in [6, 6.07) is 20.0. The van der Waals surface area contributed by atoms with E-state index in [9.17, 15) is 10.1 Å². The van der Waals surface area contributed by atoms with E-state index in [0.717, 1.165) is 0 Å². The van der Waals surface area contributed by atoms with Gasteiger partial charge >= 0.3 is 0 Å². The van der Waals surface area contributed by atoms with Gasteiger partial charge in [-0.2, -0.15) is 9.97 Å². The van der Waals surface area contributed by atoms with Gasteiger partial charge in [-0.3, -0.25) is 14.7 Å². The summed E-state index contributed by atoms with van der Waals surface area (Å²) in [6.45, 7) is 0. The van der Waals surface area contributed by atoms with Crippen LogP contribution in [0.2, 0.25) is 10.0 Å². The third-order valence-electron chi connectivity index (χ3n) is 4.58. The molecule has 12 heteroatoms. The molecule has 0 atom stereocenters. The number of anilines is 2. The number of nitro groups is 1. The van der Waals surface area contributed by atoms with E-state index >= 15 is 0 Å². The van der Waals surface area contributed by atoms with Crippen molar-refractivity contribution in [3.05, 3.63) is 97.7 Å². The number of nitro benzene ring substituents is 1. The minimum atomic E-state index is -0.478. The first-order valence-electron chi connectivity index (χ1n) is 9.66. The third kappa shape index (κ3) is 5.37. The summed E-state index contributed by atoms with van der Waals surface area (Å²) in [5.41, 5.74) is 1.78. The summed E-state index contributed by atoms with van der Waals surface area (Å²) in [5.74, 6) is 0.549. The van der Waals surface area contributed by atoms with Crippen LogP contribution < -0.4 is 10.6 Å². The highest BCUT2D eigenvalue weighted by atomic mass is 35.5. The second-order valence-electron chi connectivity index (χ2n) is 6.83. The van der Waals surface area contributed by atoms with E-state index in [2.05, 4.69) is 20.6 Å². The van der Waals surface area contributed by atoms with Crippen molar-refractivity contribution >= 4 is 70.1 Å². The number of nitrogens with zero attached hydrogens (tertiary/aromatic N) is 4. The number of para-hydroxylation sites is 1. The molecular weight excluding hydrogens is 515 g/mol. The van der Waals surface area contributed by atoms with Crippen molar-refractivity contribution in [3.8, 4) is 17.1 Å². The van der Waals surface area contributed by atoms with E-state index < -0.39 is 4.92 Å². The summed E-state index contributed by atoms with van der Waals surface area (Å²) in [6.07, 6.45) is 0. The van der Waals surface area contributed by atoms with Gasteiger partial charge < -0.3 is 10.6 Å². The fraction of sp³-hybridized carbons (Fsp3) is 0. The Morgan fingerprint density at radius 2 is 1.62 bits per heavy atom. The molecule has 1 aromatic heterocycles. The zero-order chi connectivity index (χ0) is 24.2. The predicted octanol–water partition coefficient (Wildman–Crippen LogP) is 6.69. The highest BCUT2D eigenvalue weighted by Gasteiger charge is 2.15. The molecule has 0 unspecified atom stereocenters. The average Bonchev–Trinajstić information content (AvgIpc) is 2.81. The molecule has 170 valence electrons. The molecule has 4 rings (SSSR count). The molecule has 0 radical (unpaired) electrons. The van der Waals surface area contributed by atoms with Crippen molar-refractivity contribution in [3.63, 3.8) is 0 Å². The summed E-state index contributed by atoms with van der Waals surface area (Å²) < 4.78 is 1.79. The van der Waals surface area contributed by atoms with Crippen LogP contribution in [-0.2, 0) is 0 Å².